The van der Waals surface area contributed by atoms with Crippen LogP contribution < -0.4 is 0 Å². The van der Waals surface area contributed by atoms with Gasteiger partial charge in [-0.25, -0.2) is 0 Å². The zero-order chi connectivity index (χ0) is 12.5. The molecule has 0 saturated carbocycles. The van der Waals surface area contributed by atoms with E-state index >= 15 is 0 Å². The van der Waals surface area contributed by atoms with Gasteiger partial charge in [0.25, 0.3) is 0 Å². The van der Waals surface area contributed by atoms with Crippen molar-refractivity contribution in [1.82, 2.24) is 15.0 Å². The van der Waals surface area contributed by atoms with Crippen LogP contribution in [0.3, 0.4) is 0 Å². The zero-order valence-electron chi connectivity index (χ0n) is 10.1. The molecule has 6 nitrogen and oxygen atoms in total. The summed E-state index contributed by atoms with van der Waals surface area (Å²) in [6.07, 6.45) is 1.97. The third-order valence-electron chi connectivity index (χ3n) is 3.68. The molecule has 2 rings (SSSR count). The molecule has 0 bridgehead atoms. The van der Waals surface area contributed by atoms with Gasteiger partial charge in [-0.1, -0.05) is 19.0 Å². The number of carboxylic acid groups (broad SMARTS) is 1. The third-order valence-corrected chi connectivity index (χ3v) is 3.68. The van der Waals surface area contributed by atoms with Crippen molar-refractivity contribution < 1.29 is 14.4 Å². The minimum absolute atomic E-state index is 0.121. The van der Waals surface area contributed by atoms with E-state index in [2.05, 4.69) is 19.6 Å². The minimum Gasteiger partial charge on any atom is -0.481 e. The Bertz CT molecular complexity index is 391. The van der Waals surface area contributed by atoms with E-state index in [0.29, 0.717) is 25.3 Å². The van der Waals surface area contributed by atoms with Crippen LogP contribution in [0, 0.1) is 11.3 Å². The number of hydrogen-bond donors (Lipinski definition) is 1. The molecule has 1 aliphatic rings. The van der Waals surface area contributed by atoms with Gasteiger partial charge in [0.05, 0.1) is 12.0 Å². The molecule has 1 unspecified atom stereocenters. The van der Waals surface area contributed by atoms with E-state index in [1.807, 2.05) is 13.8 Å². The minimum atomic E-state index is -0.705. The first-order valence-electron chi connectivity index (χ1n) is 5.75. The molecule has 6 heteroatoms. The van der Waals surface area contributed by atoms with Crippen molar-refractivity contribution in [3.05, 3.63) is 12.2 Å². The molecule has 1 atom stereocenters. The highest BCUT2D eigenvalue weighted by molar-refractivity contribution is 5.75. The number of carbonyl (C=O) groups is 1. The fourth-order valence-corrected chi connectivity index (χ4v) is 2.40. The largest absolute Gasteiger partial charge is 0.481 e. The molecule has 0 aromatic carbocycles. The summed E-state index contributed by atoms with van der Waals surface area (Å²) < 4.78 is 4.67. The van der Waals surface area contributed by atoms with Crippen molar-refractivity contribution in [3.63, 3.8) is 0 Å². The number of nitrogens with zero attached hydrogens (tertiary/aromatic N) is 3. The maximum atomic E-state index is 11.4. The van der Waals surface area contributed by atoms with Crippen molar-refractivity contribution >= 4 is 5.97 Å². The van der Waals surface area contributed by atoms with Crippen LogP contribution in [-0.4, -0.2) is 39.2 Å². The number of likely N-dealkylation sites (tertiary alicyclic amines) is 1. The summed E-state index contributed by atoms with van der Waals surface area (Å²) in [6.45, 7) is 5.80. The summed E-state index contributed by atoms with van der Waals surface area (Å²) in [7, 11) is 0. The lowest BCUT2D eigenvalue weighted by atomic mass is 9.76. The van der Waals surface area contributed by atoms with E-state index in [-0.39, 0.29) is 5.92 Å². The second-order valence-electron chi connectivity index (χ2n) is 4.92. The lowest BCUT2D eigenvalue weighted by Crippen LogP contribution is -2.39. The molecule has 1 aromatic rings. The summed E-state index contributed by atoms with van der Waals surface area (Å²) >= 11 is 0. The molecule has 1 fully saturated rings. The van der Waals surface area contributed by atoms with Gasteiger partial charge < -0.3 is 9.63 Å². The Morgan fingerprint density at radius 2 is 2.47 bits per heavy atom. The molecule has 94 valence electrons. The molecule has 1 aliphatic heterocycles. The van der Waals surface area contributed by atoms with Gasteiger partial charge in [0.1, 0.15) is 0 Å². The van der Waals surface area contributed by atoms with E-state index < -0.39 is 11.4 Å². The molecular formula is C11H17N3O3. The molecular weight excluding hydrogens is 222 g/mol. The summed E-state index contributed by atoms with van der Waals surface area (Å²) in [5.74, 6) is 0.0216. The topological polar surface area (TPSA) is 79.5 Å². The molecule has 0 aliphatic carbocycles. The predicted octanol–water partition coefficient (Wildman–Crippen LogP) is 1.00. The molecule has 0 amide bonds. The van der Waals surface area contributed by atoms with Gasteiger partial charge in [-0.15, -0.1) is 0 Å². The van der Waals surface area contributed by atoms with Gasteiger partial charge in [-0.2, -0.15) is 4.98 Å². The van der Waals surface area contributed by atoms with Crippen LogP contribution in [0.4, 0.5) is 0 Å². The Hall–Kier alpha value is -1.43. The normalized spacial score (nSPS) is 25.6. The fraction of sp³-hybridized carbons (Fsp3) is 0.727. The van der Waals surface area contributed by atoms with Crippen molar-refractivity contribution in [2.45, 2.75) is 26.8 Å². The van der Waals surface area contributed by atoms with E-state index in [9.17, 15) is 9.90 Å². The molecule has 1 saturated heterocycles. The SMILES string of the molecule is CC(C)C1(C(=O)O)CCN(Cc2ncon2)C1. The number of aromatic nitrogens is 2. The highest BCUT2D eigenvalue weighted by Crippen LogP contribution is 2.38. The van der Waals surface area contributed by atoms with Crippen molar-refractivity contribution in [2.24, 2.45) is 11.3 Å². The Balaban J connectivity index is 2.05. The predicted molar refractivity (Wildman–Crippen MR) is 59.1 cm³/mol. The van der Waals surface area contributed by atoms with Crippen LogP contribution in [0.15, 0.2) is 10.9 Å². The first-order valence-corrected chi connectivity index (χ1v) is 5.75. The summed E-state index contributed by atoms with van der Waals surface area (Å²) in [5.41, 5.74) is -0.635. The van der Waals surface area contributed by atoms with E-state index in [0.717, 1.165) is 6.54 Å². The summed E-state index contributed by atoms with van der Waals surface area (Å²) in [4.78, 5) is 17.5. The van der Waals surface area contributed by atoms with Crippen LogP contribution in [0.1, 0.15) is 26.1 Å². The van der Waals surface area contributed by atoms with Gasteiger partial charge >= 0.3 is 5.97 Å². The highest BCUT2D eigenvalue weighted by Gasteiger charge is 2.47. The zero-order valence-corrected chi connectivity index (χ0v) is 10.1. The van der Waals surface area contributed by atoms with E-state index in [4.69, 9.17) is 0 Å². The molecule has 0 spiro atoms. The van der Waals surface area contributed by atoms with E-state index in [1.54, 1.807) is 0 Å². The molecule has 1 N–H and O–H groups in total. The van der Waals surface area contributed by atoms with Crippen LogP contribution in [0.5, 0.6) is 0 Å². The maximum Gasteiger partial charge on any atom is 0.311 e. The lowest BCUT2D eigenvalue weighted by molar-refractivity contribution is -0.151. The lowest BCUT2D eigenvalue weighted by Gasteiger charge is -2.28. The van der Waals surface area contributed by atoms with Crippen LogP contribution in [0.2, 0.25) is 0 Å². The Kier molecular flexibility index (Phi) is 3.15. The fourth-order valence-electron chi connectivity index (χ4n) is 2.40. The monoisotopic (exact) mass is 239 g/mol. The Morgan fingerprint density at radius 1 is 1.71 bits per heavy atom. The second-order valence-corrected chi connectivity index (χ2v) is 4.92. The average Bonchev–Trinajstić information content (AvgIpc) is 2.87. The molecule has 17 heavy (non-hydrogen) atoms. The van der Waals surface area contributed by atoms with Gasteiger partial charge in [-0.05, 0) is 18.9 Å². The highest BCUT2D eigenvalue weighted by atomic mass is 16.5. The van der Waals surface area contributed by atoms with Crippen LogP contribution in [0.25, 0.3) is 0 Å². The van der Waals surface area contributed by atoms with Crippen molar-refractivity contribution in [2.75, 3.05) is 13.1 Å². The number of carboxylic acids is 1. The van der Waals surface area contributed by atoms with Crippen LogP contribution >= 0.6 is 0 Å². The number of aliphatic carboxylic acids is 1. The smallest absolute Gasteiger partial charge is 0.311 e. The first-order chi connectivity index (χ1) is 8.04. The van der Waals surface area contributed by atoms with Gasteiger partial charge in [0.15, 0.2) is 5.82 Å². The number of hydrogen-bond acceptors (Lipinski definition) is 5. The first kappa shape index (κ1) is 12.0. The Labute approximate surface area is 99.6 Å². The van der Waals surface area contributed by atoms with Gasteiger partial charge in [0.2, 0.25) is 6.39 Å². The quantitative estimate of drug-likeness (QED) is 0.844. The third kappa shape index (κ3) is 2.17. The maximum absolute atomic E-state index is 11.4. The standard InChI is InChI=1S/C11H17N3O3/c1-8(2)11(10(15)16)3-4-14(6-11)5-9-12-7-17-13-9/h7-8H,3-6H2,1-2H3,(H,15,16). The molecule has 2 heterocycles. The molecule has 1 aromatic heterocycles. The van der Waals surface area contributed by atoms with Crippen molar-refractivity contribution in [1.29, 1.82) is 0 Å². The number of rotatable bonds is 4. The summed E-state index contributed by atoms with van der Waals surface area (Å²) in [6, 6.07) is 0. The van der Waals surface area contributed by atoms with Crippen LogP contribution in [-0.2, 0) is 11.3 Å². The van der Waals surface area contributed by atoms with E-state index in [1.165, 1.54) is 6.39 Å². The second kappa shape index (κ2) is 4.44. The van der Waals surface area contributed by atoms with Gasteiger partial charge in [-0.3, -0.25) is 9.69 Å². The summed E-state index contributed by atoms with van der Waals surface area (Å²) in [5, 5.41) is 13.1. The van der Waals surface area contributed by atoms with Gasteiger partial charge in [0, 0.05) is 6.54 Å². The van der Waals surface area contributed by atoms with Crippen molar-refractivity contribution in [3.8, 4) is 0 Å². The average molecular weight is 239 g/mol. The Morgan fingerprint density at radius 3 is 2.94 bits per heavy atom. The molecule has 0 radical (unpaired) electrons.